The molecule has 0 bridgehead atoms. The van der Waals surface area contributed by atoms with Gasteiger partial charge in [0, 0.05) is 18.6 Å². The van der Waals surface area contributed by atoms with Gasteiger partial charge in [0.15, 0.2) is 5.82 Å². The molecular weight excluding hydrogens is 390 g/mol. The first-order chi connectivity index (χ1) is 15.8. The van der Waals surface area contributed by atoms with Crippen LogP contribution in [0.3, 0.4) is 0 Å². The summed E-state index contributed by atoms with van der Waals surface area (Å²) in [6, 6.07) is 4.27. The molecule has 0 fully saturated rings. The Morgan fingerprint density at radius 2 is 0.906 bits per heavy atom. The van der Waals surface area contributed by atoms with E-state index in [-0.39, 0.29) is 0 Å². The van der Waals surface area contributed by atoms with Gasteiger partial charge in [-0.2, -0.15) is 0 Å². The lowest BCUT2D eigenvalue weighted by atomic mass is 10.0. The Morgan fingerprint density at radius 3 is 1.38 bits per heavy atom. The van der Waals surface area contributed by atoms with E-state index in [2.05, 4.69) is 40.9 Å². The minimum atomic E-state index is 0.739. The van der Waals surface area contributed by atoms with Crippen LogP contribution in [0.4, 0.5) is 0 Å². The third-order valence-electron chi connectivity index (χ3n) is 6.40. The molecule has 3 nitrogen and oxygen atoms in total. The third kappa shape index (κ3) is 11.7. The van der Waals surface area contributed by atoms with Crippen molar-refractivity contribution in [3.63, 3.8) is 0 Å². The highest BCUT2D eigenvalue weighted by Crippen LogP contribution is 2.16. The molecule has 0 saturated carbocycles. The number of hydrogen-bond acceptors (Lipinski definition) is 3. The Balaban J connectivity index is 1.61. The van der Waals surface area contributed by atoms with Gasteiger partial charge in [-0.05, 0) is 42.9 Å². The lowest BCUT2D eigenvalue weighted by molar-refractivity contribution is 0.575. The first-order valence-electron chi connectivity index (χ1n) is 13.6. The molecule has 2 heterocycles. The molecule has 3 heteroatoms. The largest absolute Gasteiger partial charge is 0.253 e. The van der Waals surface area contributed by atoms with Gasteiger partial charge in [0.25, 0.3) is 0 Å². The topological polar surface area (TPSA) is 38.7 Å². The second-order valence-corrected chi connectivity index (χ2v) is 9.42. The normalized spacial score (nSPS) is 11.2. The molecule has 0 aliphatic carbocycles. The van der Waals surface area contributed by atoms with Crippen molar-refractivity contribution < 1.29 is 0 Å². The smallest absolute Gasteiger partial charge is 0.178 e. The number of rotatable bonds is 19. The summed E-state index contributed by atoms with van der Waals surface area (Å²) in [5.74, 6) is 0.739. The van der Waals surface area contributed by atoms with Crippen molar-refractivity contribution in [3.8, 4) is 11.5 Å². The van der Waals surface area contributed by atoms with Gasteiger partial charge in [-0.15, -0.1) is 0 Å². The van der Waals surface area contributed by atoms with Gasteiger partial charge >= 0.3 is 0 Å². The Kier molecular flexibility index (Phi) is 14.7. The maximum absolute atomic E-state index is 4.62. The molecule has 2 aromatic rings. The van der Waals surface area contributed by atoms with Crippen molar-refractivity contribution in [2.24, 2.45) is 0 Å². The SMILES string of the molecule is CCCCCCCCCCc1ccc(-c2ncc(CCCCCCCCCC)cn2)nc1. The highest BCUT2D eigenvalue weighted by atomic mass is 14.9. The number of aromatic nitrogens is 3. The summed E-state index contributed by atoms with van der Waals surface area (Å²) < 4.78 is 0. The standard InChI is InChI=1S/C29H47N3/c1-3-5-7-9-11-13-15-17-19-26-21-22-28(30-23-26)29-31-24-27(25-32-29)20-18-16-14-12-10-8-6-4-2/h21-25H,3-20H2,1-2H3. The summed E-state index contributed by atoms with van der Waals surface area (Å²) in [4.78, 5) is 13.8. The van der Waals surface area contributed by atoms with E-state index in [1.54, 1.807) is 0 Å². The fourth-order valence-corrected chi connectivity index (χ4v) is 4.25. The van der Waals surface area contributed by atoms with E-state index in [0.717, 1.165) is 24.4 Å². The van der Waals surface area contributed by atoms with E-state index < -0.39 is 0 Å². The van der Waals surface area contributed by atoms with Crippen LogP contribution in [0.15, 0.2) is 30.7 Å². The fourth-order valence-electron chi connectivity index (χ4n) is 4.25. The molecule has 0 spiro atoms. The van der Waals surface area contributed by atoms with E-state index in [0.29, 0.717) is 0 Å². The van der Waals surface area contributed by atoms with Crippen molar-refractivity contribution in [1.29, 1.82) is 0 Å². The number of aryl methyl sites for hydroxylation is 2. The number of hydrogen-bond donors (Lipinski definition) is 0. The second kappa shape index (κ2) is 17.7. The Bertz CT molecular complexity index is 617. The molecule has 2 aromatic heterocycles. The molecule has 0 atom stereocenters. The van der Waals surface area contributed by atoms with Gasteiger partial charge in [-0.1, -0.05) is 110 Å². The van der Waals surface area contributed by atoms with Crippen LogP contribution in [0.1, 0.15) is 128 Å². The first kappa shape index (κ1) is 26.5. The summed E-state index contributed by atoms with van der Waals surface area (Å²) in [6.07, 6.45) is 29.9. The van der Waals surface area contributed by atoms with Gasteiger partial charge in [0.2, 0.25) is 0 Å². The van der Waals surface area contributed by atoms with Crippen molar-refractivity contribution >= 4 is 0 Å². The molecule has 0 saturated heterocycles. The lowest BCUT2D eigenvalue weighted by Crippen LogP contribution is -1.96. The number of unbranched alkanes of at least 4 members (excludes halogenated alkanes) is 14. The highest BCUT2D eigenvalue weighted by molar-refractivity contribution is 5.48. The highest BCUT2D eigenvalue weighted by Gasteiger charge is 2.04. The Morgan fingerprint density at radius 1 is 0.469 bits per heavy atom. The maximum atomic E-state index is 4.62. The molecule has 0 aliphatic rings. The summed E-state index contributed by atoms with van der Waals surface area (Å²) in [6.45, 7) is 4.55. The molecule has 0 amide bonds. The molecule has 0 radical (unpaired) electrons. The zero-order valence-electron chi connectivity index (χ0n) is 21.0. The monoisotopic (exact) mass is 437 g/mol. The zero-order valence-corrected chi connectivity index (χ0v) is 21.0. The summed E-state index contributed by atoms with van der Waals surface area (Å²) >= 11 is 0. The molecule has 2 rings (SSSR count). The average molecular weight is 438 g/mol. The summed E-state index contributed by atoms with van der Waals surface area (Å²) in [5.41, 5.74) is 3.44. The quantitative estimate of drug-likeness (QED) is 0.206. The molecule has 32 heavy (non-hydrogen) atoms. The van der Waals surface area contributed by atoms with E-state index in [1.807, 2.05) is 18.6 Å². The van der Waals surface area contributed by atoms with E-state index in [4.69, 9.17) is 0 Å². The van der Waals surface area contributed by atoms with Crippen LogP contribution in [0.25, 0.3) is 11.5 Å². The number of pyridine rings is 1. The third-order valence-corrected chi connectivity index (χ3v) is 6.40. The van der Waals surface area contributed by atoms with Gasteiger partial charge < -0.3 is 0 Å². The van der Waals surface area contributed by atoms with Crippen LogP contribution in [0.2, 0.25) is 0 Å². The van der Waals surface area contributed by atoms with E-state index in [1.165, 1.54) is 114 Å². The van der Waals surface area contributed by atoms with Crippen molar-refractivity contribution in [3.05, 3.63) is 41.9 Å². The summed E-state index contributed by atoms with van der Waals surface area (Å²) in [7, 11) is 0. The predicted molar refractivity (Wildman–Crippen MR) is 138 cm³/mol. The molecule has 0 unspecified atom stereocenters. The Labute approximate surface area is 197 Å². The van der Waals surface area contributed by atoms with Crippen LogP contribution in [-0.2, 0) is 12.8 Å². The van der Waals surface area contributed by atoms with Crippen LogP contribution >= 0.6 is 0 Å². The van der Waals surface area contributed by atoms with Crippen LogP contribution in [0.5, 0.6) is 0 Å². The minimum absolute atomic E-state index is 0.739. The van der Waals surface area contributed by atoms with Gasteiger partial charge in [-0.3, -0.25) is 4.98 Å². The lowest BCUT2D eigenvalue weighted by Gasteiger charge is -2.05. The predicted octanol–water partition coefficient (Wildman–Crippen LogP) is 8.91. The van der Waals surface area contributed by atoms with Crippen LogP contribution < -0.4 is 0 Å². The Hall–Kier alpha value is -1.77. The fraction of sp³-hybridized carbons (Fsp3) is 0.690. The molecule has 178 valence electrons. The van der Waals surface area contributed by atoms with E-state index in [9.17, 15) is 0 Å². The maximum Gasteiger partial charge on any atom is 0.178 e. The molecule has 0 aliphatic heterocycles. The second-order valence-electron chi connectivity index (χ2n) is 9.42. The average Bonchev–Trinajstić information content (AvgIpc) is 2.83. The van der Waals surface area contributed by atoms with Gasteiger partial charge in [-0.25, -0.2) is 9.97 Å². The molecular formula is C29H47N3. The zero-order chi connectivity index (χ0) is 22.7. The molecule has 0 N–H and O–H groups in total. The van der Waals surface area contributed by atoms with Crippen LogP contribution in [0, 0.1) is 0 Å². The van der Waals surface area contributed by atoms with Crippen molar-refractivity contribution in [2.75, 3.05) is 0 Å². The van der Waals surface area contributed by atoms with Gasteiger partial charge in [0.1, 0.15) is 5.69 Å². The number of nitrogens with zero attached hydrogens (tertiary/aromatic N) is 3. The van der Waals surface area contributed by atoms with Crippen molar-refractivity contribution in [2.45, 2.75) is 129 Å². The summed E-state index contributed by atoms with van der Waals surface area (Å²) in [5, 5.41) is 0. The van der Waals surface area contributed by atoms with Gasteiger partial charge in [0.05, 0.1) is 0 Å². The minimum Gasteiger partial charge on any atom is -0.253 e. The van der Waals surface area contributed by atoms with E-state index >= 15 is 0 Å². The molecule has 0 aromatic carbocycles. The van der Waals surface area contributed by atoms with Crippen LogP contribution in [-0.4, -0.2) is 15.0 Å². The van der Waals surface area contributed by atoms with Crippen molar-refractivity contribution in [1.82, 2.24) is 15.0 Å². The first-order valence-corrected chi connectivity index (χ1v) is 13.6.